The number of nitrogens with zero attached hydrogens (tertiary/aromatic N) is 2. The standard InChI is InChI=1S/C17H17N3OS2/c1-2-14(16(21)18-10-12-6-4-3-5-7-12)23-17-15-13(8-9-22-15)19-11-20-17/h3-9,11,14H,2,10H2,1H3,(H,18,21)/t14-/m1/s1. The molecule has 0 unspecified atom stereocenters. The molecule has 0 saturated carbocycles. The zero-order chi connectivity index (χ0) is 16.1. The third-order valence-electron chi connectivity index (χ3n) is 3.44. The van der Waals surface area contributed by atoms with Gasteiger partial charge < -0.3 is 5.32 Å². The van der Waals surface area contributed by atoms with Gasteiger partial charge in [-0.2, -0.15) is 0 Å². The minimum Gasteiger partial charge on any atom is -0.351 e. The van der Waals surface area contributed by atoms with Gasteiger partial charge in [0.2, 0.25) is 5.91 Å². The molecule has 4 nitrogen and oxygen atoms in total. The van der Waals surface area contributed by atoms with Gasteiger partial charge in [0.25, 0.3) is 0 Å². The van der Waals surface area contributed by atoms with Crippen LogP contribution in [0.3, 0.4) is 0 Å². The summed E-state index contributed by atoms with van der Waals surface area (Å²) < 4.78 is 1.05. The topological polar surface area (TPSA) is 54.9 Å². The van der Waals surface area contributed by atoms with Crippen LogP contribution in [0.15, 0.2) is 53.1 Å². The average Bonchev–Trinajstić information content (AvgIpc) is 3.08. The van der Waals surface area contributed by atoms with Crippen LogP contribution in [0.4, 0.5) is 0 Å². The number of rotatable bonds is 6. The molecule has 3 rings (SSSR count). The van der Waals surface area contributed by atoms with E-state index in [-0.39, 0.29) is 11.2 Å². The average molecular weight is 343 g/mol. The first-order valence-electron chi connectivity index (χ1n) is 7.44. The Morgan fingerprint density at radius 2 is 2.09 bits per heavy atom. The van der Waals surface area contributed by atoms with E-state index in [1.54, 1.807) is 17.7 Å². The highest BCUT2D eigenvalue weighted by Crippen LogP contribution is 2.32. The van der Waals surface area contributed by atoms with Crippen LogP contribution in [-0.2, 0) is 11.3 Å². The van der Waals surface area contributed by atoms with Crippen molar-refractivity contribution >= 4 is 39.2 Å². The van der Waals surface area contributed by atoms with Gasteiger partial charge in [-0.3, -0.25) is 4.79 Å². The highest BCUT2D eigenvalue weighted by Gasteiger charge is 2.20. The molecule has 1 amide bonds. The predicted octanol–water partition coefficient (Wildman–Crippen LogP) is 3.88. The van der Waals surface area contributed by atoms with Crippen molar-refractivity contribution in [3.8, 4) is 0 Å². The van der Waals surface area contributed by atoms with Gasteiger partial charge in [0.15, 0.2) is 0 Å². The van der Waals surface area contributed by atoms with E-state index >= 15 is 0 Å². The van der Waals surface area contributed by atoms with E-state index in [1.165, 1.54) is 11.8 Å². The van der Waals surface area contributed by atoms with Crippen LogP contribution in [0.5, 0.6) is 0 Å². The summed E-state index contributed by atoms with van der Waals surface area (Å²) in [5.41, 5.74) is 2.04. The molecule has 0 radical (unpaired) electrons. The normalized spacial score (nSPS) is 12.2. The zero-order valence-electron chi connectivity index (χ0n) is 12.7. The molecule has 0 saturated heterocycles. The van der Waals surface area contributed by atoms with Crippen LogP contribution in [0.25, 0.3) is 10.2 Å². The molecular formula is C17H17N3OS2. The maximum absolute atomic E-state index is 12.5. The van der Waals surface area contributed by atoms with Crippen LogP contribution < -0.4 is 5.32 Å². The van der Waals surface area contributed by atoms with E-state index in [1.807, 2.05) is 48.7 Å². The SMILES string of the molecule is CC[C@@H](Sc1ncnc2ccsc12)C(=O)NCc1ccccc1. The summed E-state index contributed by atoms with van der Waals surface area (Å²) in [6, 6.07) is 11.9. The molecule has 1 atom stereocenters. The Labute approximate surface area is 143 Å². The number of thioether (sulfide) groups is 1. The molecule has 23 heavy (non-hydrogen) atoms. The fourth-order valence-electron chi connectivity index (χ4n) is 2.21. The molecule has 1 aromatic carbocycles. The van der Waals surface area contributed by atoms with Crippen LogP contribution >= 0.6 is 23.1 Å². The molecule has 0 aliphatic heterocycles. The second-order valence-corrected chi connectivity index (χ2v) is 7.14. The fraction of sp³-hybridized carbons (Fsp3) is 0.235. The van der Waals surface area contributed by atoms with Crippen molar-refractivity contribution in [2.45, 2.75) is 30.2 Å². The Morgan fingerprint density at radius 1 is 1.26 bits per heavy atom. The second kappa shape index (κ2) is 7.57. The van der Waals surface area contributed by atoms with Crippen molar-refractivity contribution in [1.29, 1.82) is 0 Å². The van der Waals surface area contributed by atoms with Gasteiger partial charge in [-0.25, -0.2) is 9.97 Å². The molecule has 2 heterocycles. The number of aromatic nitrogens is 2. The quantitative estimate of drug-likeness (QED) is 0.545. The smallest absolute Gasteiger partial charge is 0.233 e. The van der Waals surface area contributed by atoms with Crippen LogP contribution in [-0.4, -0.2) is 21.1 Å². The van der Waals surface area contributed by atoms with Crippen molar-refractivity contribution in [3.05, 3.63) is 53.7 Å². The lowest BCUT2D eigenvalue weighted by atomic mass is 10.2. The molecule has 2 aromatic heterocycles. The number of fused-ring (bicyclic) bond motifs is 1. The van der Waals surface area contributed by atoms with Crippen molar-refractivity contribution in [2.75, 3.05) is 0 Å². The molecule has 1 N–H and O–H groups in total. The lowest BCUT2D eigenvalue weighted by Gasteiger charge is -2.14. The molecule has 0 aliphatic rings. The van der Waals surface area contributed by atoms with Crippen molar-refractivity contribution in [1.82, 2.24) is 15.3 Å². The van der Waals surface area contributed by atoms with E-state index in [9.17, 15) is 4.79 Å². The van der Waals surface area contributed by atoms with Crippen LogP contribution in [0, 0.1) is 0 Å². The largest absolute Gasteiger partial charge is 0.351 e. The van der Waals surface area contributed by atoms with Crippen LogP contribution in [0.2, 0.25) is 0 Å². The Kier molecular flexibility index (Phi) is 5.25. The first kappa shape index (κ1) is 16.0. The number of hydrogen-bond acceptors (Lipinski definition) is 5. The summed E-state index contributed by atoms with van der Waals surface area (Å²) in [6.07, 6.45) is 2.31. The van der Waals surface area contributed by atoms with Crippen molar-refractivity contribution in [3.63, 3.8) is 0 Å². The third-order valence-corrected chi connectivity index (χ3v) is 5.84. The summed E-state index contributed by atoms with van der Waals surface area (Å²) in [5, 5.41) is 5.74. The second-order valence-electron chi connectivity index (χ2n) is 5.03. The van der Waals surface area contributed by atoms with Crippen molar-refractivity contribution < 1.29 is 4.79 Å². The highest BCUT2D eigenvalue weighted by molar-refractivity contribution is 8.00. The zero-order valence-corrected chi connectivity index (χ0v) is 14.4. The monoisotopic (exact) mass is 343 g/mol. The first-order chi connectivity index (χ1) is 11.3. The van der Waals surface area contributed by atoms with E-state index in [0.717, 1.165) is 27.2 Å². The van der Waals surface area contributed by atoms with E-state index in [0.29, 0.717) is 6.54 Å². The maximum Gasteiger partial charge on any atom is 0.233 e. The van der Waals surface area contributed by atoms with Gasteiger partial charge in [0, 0.05) is 6.54 Å². The highest BCUT2D eigenvalue weighted by atomic mass is 32.2. The van der Waals surface area contributed by atoms with E-state index in [4.69, 9.17) is 0 Å². The number of hydrogen-bond donors (Lipinski definition) is 1. The minimum absolute atomic E-state index is 0.0460. The van der Waals surface area contributed by atoms with E-state index < -0.39 is 0 Å². The number of carbonyl (C=O) groups excluding carboxylic acids is 1. The number of benzene rings is 1. The number of amides is 1. The third kappa shape index (κ3) is 3.89. The van der Waals surface area contributed by atoms with E-state index in [2.05, 4.69) is 15.3 Å². The summed E-state index contributed by atoms with van der Waals surface area (Å²) >= 11 is 3.12. The lowest BCUT2D eigenvalue weighted by molar-refractivity contribution is -0.120. The molecule has 3 aromatic rings. The summed E-state index contributed by atoms with van der Waals surface area (Å²) in [5.74, 6) is 0.0460. The predicted molar refractivity (Wildman–Crippen MR) is 95.6 cm³/mol. The summed E-state index contributed by atoms with van der Waals surface area (Å²) in [4.78, 5) is 21.0. The summed E-state index contributed by atoms with van der Waals surface area (Å²) in [7, 11) is 0. The lowest BCUT2D eigenvalue weighted by Crippen LogP contribution is -2.31. The summed E-state index contributed by atoms with van der Waals surface area (Å²) in [6.45, 7) is 2.57. The molecule has 0 bridgehead atoms. The number of carbonyl (C=O) groups is 1. The molecule has 0 fully saturated rings. The molecule has 0 aliphatic carbocycles. The molecule has 118 valence electrons. The first-order valence-corrected chi connectivity index (χ1v) is 9.20. The molecular weight excluding hydrogens is 326 g/mol. The van der Waals surface area contributed by atoms with Gasteiger partial charge in [-0.05, 0) is 23.4 Å². The Hall–Kier alpha value is -1.92. The van der Waals surface area contributed by atoms with Gasteiger partial charge in [-0.15, -0.1) is 11.3 Å². The van der Waals surface area contributed by atoms with Gasteiger partial charge >= 0.3 is 0 Å². The fourth-order valence-corrected chi connectivity index (χ4v) is 4.17. The van der Waals surface area contributed by atoms with Crippen molar-refractivity contribution in [2.24, 2.45) is 0 Å². The number of nitrogens with one attached hydrogen (secondary N) is 1. The maximum atomic E-state index is 12.5. The van der Waals surface area contributed by atoms with Gasteiger partial charge in [-0.1, -0.05) is 49.0 Å². The van der Waals surface area contributed by atoms with Gasteiger partial charge in [0.05, 0.1) is 15.5 Å². The number of thiophene rings is 1. The Balaban J connectivity index is 1.67. The Bertz CT molecular complexity index is 789. The van der Waals surface area contributed by atoms with Crippen LogP contribution in [0.1, 0.15) is 18.9 Å². The minimum atomic E-state index is -0.154. The molecule has 0 spiro atoms. The Morgan fingerprint density at radius 3 is 2.87 bits per heavy atom. The molecule has 6 heteroatoms. The van der Waals surface area contributed by atoms with Gasteiger partial charge in [0.1, 0.15) is 11.4 Å².